The Morgan fingerprint density at radius 2 is 1.62 bits per heavy atom. The smallest absolute Gasteiger partial charge is 0.00672 e. The van der Waals surface area contributed by atoms with Gasteiger partial charge in [0.1, 0.15) is 0 Å². The minimum Gasteiger partial charge on any atom is -0.314 e. The second-order valence-electron chi connectivity index (χ2n) is 6.58. The molecule has 0 unspecified atom stereocenters. The van der Waals surface area contributed by atoms with Crippen molar-refractivity contribution < 1.29 is 0 Å². The first-order valence-corrected chi connectivity index (χ1v) is 7.27. The molecule has 1 saturated carbocycles. The minimum absolute atomic E-state index is 0.521. The van der Waals surface area contributed by atoms with Gasteiger partial charge in [-0.3, -0.25) is 0 Å². The van der Waals surface area contributed by atoms with Gasteiger partial charge in [-0.05, 0) is 50.0 Å². The highest BCUT2D eigenvalue weighted by Gasteiger charge is 2.29. The van der Waals surface area contributed by atoms with E-state index in [0.29, 0.717) is 5.41 Å². The molecule has 0 atom stereocenters. The van der Waals surface area contributed by atoms with Crippen LogP contribution in [0.3, 0.4) is 0 Å². The molecule has 1 fully saturated rings. The SMILES string of the molecule is CCCCCNC1CCC(C(C)(C)C)CC1. The Morgan fingerprint density at radius 3 is 2.12 bits per heavy atom. The third-order valence-corrected chi connectivity index (χ3v) is 4.17. The van der Waals surface area contributed by atoms with Crippen LogP contribution in [0, 0.1) is 11.3 Å². The molecule has 0 amide bonds. The van der Waals surface area contributed by atoms with Crippen LogP contribution in [-0.2, 0) is 0 Å². The molecule has 1 nitrogen and oxygen atoms in total. The lowest BCUT2D eigenvalue weighted by Crippen LogP contribution is -2.36. The monoisotopic (exact) mass is 225 g/mol. The van der Waals surface area contributed by atoms with Gasteiger partial charge in [0.25, 0.3) is 0 Å². The van der Waals surface area contributed by atoms with Gasteiger partial charge < -0.3 is 5.32 Å². The van der Waals surface area contributed by atoms with Crippen molar-refractivity contribution in [2.45, 2.75) is 78.7 Å². The molecule has 1 rings (SSSR count). The standard InChI is InChI=1S/C15H31N/c1-5-6-7-12-16-14-10-8-13(9-11-14)15(2,3)4/h13-14,16H,5-12H2,1-4H3. The van der Waals surface area contributed by atoms with Gasteiger partial charge in [-0.2, -0.15) is 0 Å². The lowest BCUT2D eigenvalue weighted by molar-refractivity contribution is 0.160. The van der Waals surface area contributed by atoms with E-state index in [-0.39, 0.29) is 0 Å². The number of rotatable bonds is 5. The Balaban J connectivity index is 2.12. The van der Waals surface area contributed by atoms with Gasteiger partial charge >= 0.3 is 0 Å². The van der Waals surface area contributed by atoms with Gasteiger partial charge in [-0.15, -0.1) is 0 Å². The van der Waals surface area contributed by atoms with Gasteiger partial charge in [0, 0.05) is 6.04 Å². The first-order valence-electron chi connectivity index (χ1n) is 7.27. The summed E-state index contributed by atoms with van der Waals surface area (Å²) in [5, 5.41) is 3.73. The third kappa shape index (κ3) is 4.86. The predicted molar refractivity (Wildman–Crippen MR) is 72.7 cm³/mol. The average Bonchev–Trinajstić information content (AvgIpc) is 2.24. The molecule has 0 aromatic carbocycles. The van der Waals surface area contributed by atoms with Crippen molar-refractivity contribution in [3.8, 4) is 0 Å². The van der Waals surface area contributed by atoms with E-state index >= 15 is 0 Å². The summed E-state index contributed by atoms with van der Waals surface area (Å²) in [6.45, 7) is 10.7. The molecule has 0 aromatic heterocycles. The van der Waals surface area contributed by atoms with E-state index in [9.17, 15) is 0 Å². The van der Waals surface area contributed by atoms with E-state index in [0.717, 1.165) is 12.0 Å². The van der Waals surface area contributed by atoms with Gasteiger partial charge in [0.2, 0.25) is 0 Å². The van der Waals surface area contributed by atoms with E-state index in [4.69, 9.17) is 0 Å². The molecule has 0 bridgehead atoms. The molecular formula is C15H31N. The summed E-state index contributed by atoms with van der Waals surface area (Å²) in [6, 6.07) is 0.815. The number of nitrogens with one attached hydrogen (secondary N) is 1. The van der Waals surface area contributed by atoms with Crippen LogP contribution in [-0.4, -0.2) is 12.6 Å². The Kier molecular flexibility index (Phi) is 5.82. The highest BCUT2D eigenvalue weighted by molar-refractivity contribution is 4.83. The van der Waals surface area contributed by atoms with E-state index in [1.165, 1.54) is 51.5 Å². The number of hydrogen-bond donors (Lipinski definition) is 1. The highest BCUT2D eigenvalue weighted by Crippen LogP contribution is 2.37. The van der Waals surface area contributed by atoms with E-state index < -0.39 is 0 Å². The Morgan fingerprint density at radius 1 is 1.00 bits per heavy atom. The Labute approximate surface area is 102 Å². The van der Waals surface area contributed by atoms with Gasteiger partial charge in [-0.25, -0.2) is 0 Å². The zero-order valence-electron chi connectivity index (χ0n) is 11.8. The van der Waals surface area contributed by atoms with Crippen LogP contribution in [0.2, 0.25) is 0 Å². The van der Waals surface area contributed by atoms with E-state index in [2.05, 4.69) is 33.0 Å². The molecular weight excluding hydrogens is 194 g/mol. The molecule has 96 valence electrons. The molecule has 0 aromatic rings. The maximum atomic E-state index is 3.73. The maximum absolute atomic E-state index is 3.73. The van der Waals surface area contributed by atoms with Crippen molar-refractivity contribution in [2.24, 2.45) is 11.3 Å². The minimum atomic E-state index is 0.521. The van der Waals surface area contributed by atoms with Crippen LogP contribution in [0.5, 0.6) is 0 Å². The molecule has 0 heterocycles. The largest absolute Gasteiger partial charge is 0.314 e. The summed E-state index contributed by atoms with van der Waals surface area (Å²) in [4.78, 5) is 0. The first kappa shape index (κ1) is 14.0. The fourth-order valence-electron chi connectivity index (χ4n) is 2.84. The molecule has 0 spiro atoms. The lowest BCUT2D eigenvalue weighted by Gasteiger charge is -2.37. The van der Waals surface area contributed by atoms with Crippen molar-refractivity contribution in [2.75, 3.05) is 6.54 Å². The second kappa shape index (κ2) is 6.64. The Hall–Kier alpha value is -0.0400. The zero-order chi connectivity index (χ0) is 12.0. The van der Waals surface area contributed by atoms with Crippen molar-refractivity contribution in [1.29, 1.82) is 0 Å². The quantitative estimate of drug-likeness (QED) is 0.685. The molecule has 0 aliphatic heterocycles. The molecule has 0 saturated heterocycles. The second-order valence-corrected chi connectivity index (χ2v) is 6.58. The number of unbranched alkanes of at least 4 members (excludes halogenated alkanes) is 2. The summed E-state index contributed by atoms with van der Waals surface area (Å²) >= 11 is 0. The third-order valence-electron chi connectivity index (χ3n) is 4.17. The summed E-state index contributed by atoms with van der Waals surface area (Å²) in [6.07, 6.45) is 9.71. The fraction of sp³-hybridized carbons (Fsp3) is 1.00. The zero-order valence-corrected chi connectivity index (χ0v) is 11.8. The normalized spacial score (nSPS) is 27.0. The average molecular weight is 225 g/mol. The highest BCUT2D eigenvalue weighted by atomic mass is 14.9. The topological polar surface area (TPSA) is 12.0 Å². The van der Waals surface area contributed by atoms with Crippen LogP contribution in [0.4, 0.5) is 0 Å². The van der Waals surface area contributed by atoms with Crippen molar-refractivity contribution >= 4 is 0 Å². The number of hydrogen-bond acceptors (Lipinski definition) is 1. The van der Waals surface area contributed by atoms with Crippen LogP contribution >= 0.6 is 0 Å². The van der Waals surface area contributed by atoms with Crippen LogP contribution in [0.25, 0.3) is 0 Å². The molecule has 1 aliphatic carbocycles. The van der Waals surface area contributed by atoms with E-state index in [1.807, 2.05) is 0 Å². The summed E-state index contributed by atoms with van der Waals surface area (Å²) in [5.74, 6) is 0.946. The van der Waals surface area contributed by atoms with Crippen molar-refractivity contribution in [1.82, 2.24) is 5.32 Å². The molecule has 1 N–H and O–H groups in total. The summed E-state index contributed by atoms with van der Waals surface area (Å²) in [7, 11) is 0. The van der Waals surface area contributed by atoms with Crippen LogP contribution < -0.4 is 5.32 Å². The van der Waals surface area contributed by atoms with Crippen LogP contribution in [0.15, 0.2) is 0 Å². The summed E-state index contributed by atoms with van der Waals surface area (Å²) in [5.41, 5.74) is 0.521. The molecule has 0 radical (unpaired) electrons. The molecule has 1 heteroatoms. The van der Waals surface area contributed by atoms with Crippen molar-refractivity contribution in [3.05, 3.63) is 0 Å². The maximum Gasteiger partial charge on any atom is 0.00672 e. The fourth-order valence-corrected chi connectivity index (χ4v) is 2.84. The van der Waals surface area contributed by atoms with Gasteiger partial charge in [-0.1, -0.05) is 40.5 Å². The van der Waals surface area contributed by atoms with Crippen molar-refractivity contribution in [3.63, 3.8) is 0 Å². The summed E-state index contributed by atoms with van der Waals surface area (Å²) < 4.78 is 0. The predicted octanol–water partition coefficient (Wildman–Crippen LogP) is 4.37. The van der Waals surface area contributed by atoms with Gasteiger partial charge in [0.05, 0.1) is 0 Å². The van der Waals surface area contributed by atoms with Crippen LogP contribution in [0.1, 0.15) is 72.6 Å². The lowest BCUT2D eigenvalue weighted by atomic mass is 9.71. The van der Waals surface area contributed by atoms with Gasteiger partial charge in [0.15, 0.2) is 0 Å². The molecule has 16 heavy (non-hydrogen) atoms. The molecule has 1 aliphatic rings. The Bertz CT molecular complexity index is 172. The first-order chi connectivity index (χ1) is 7.54. The van der Waals surface area contributed by atoms with E-state index in [1.54, 1.807) is 0 Å².